The van der Waals surface area contributed by atoms with Gasteiger partial charge in [-0.3, -0.25) is 9.69 Å². The number of rotatable bonds is 10. The molecule has 6 nitrogen and oxygen atoms in total. The van der Waals surface area contributed by atoms with Gasteiger partial charge in [-0.25, -0.2) is 0 Å². The fraction of sp³-hybridized carbons (Fsp3) is 0.458. The van der Waals surface area contributed by atoms with Gasteiger partial charge in [-0.1, -0.05) is 24.3 Å². The zero-order valence-corrected chi connectivity index (χ0v) is 17.5. The van der Waals surface area contributed by atoms with E-state index in [-0.39, 0.29) is 12.5 Å². The lowest BCUT2D eigenvalue weighted by molar-refractivity contribution is -0.120. The van der Waals surface area contributed by atoms with E-state index in [1.165, 1.54) is 19.4 Å². The molecule has 6 heteroatoms. The van der Waals surface area contributed by atoms with Gasteiger partial charge < -0.3 is 19.7 Å². The highest BCUT2D eigenvalue weighted by Gasteiger charge is 2.26. The van der Waals surface area contributed by atoms with Crippen LogP contribution in [0.4, 0.5) is 11.4 Å². The Hall–Kier alpha value is -2.57. The van der Waals surface area contributed by atoms with E-state index in [9.17, 15) is 4.79 Å². The lowest BCUT2D eigenvalue weighted by Crippen LogP contribution is -2.47. The van der Waals surface area contributed by atoms with E-state index in [1.807, 2.05) is 48.5 Å². The number of hydrogen-bond donors (Lipinski definition) is 1. The molecular weight excluding hydrogens is 378 g/mol. The first-order valence-electron chi connectivity index (χ1n) is 10.9. The molecule has 0 aromatic heterocycles. The molecule has 2 fully saturated rings. The van der Waals surface area contributed by atoms with Crippen LogP contribution in [0.25, 0.3) is 0 Å². The van der Waals surface area contributed by atoms with Crippen LogP contribution in [-0.4, -0.2) is 63.4 Å². The minimum absolute atomic E-state index is 0.0161. The molecule has 1 amide bonds. The fourth-order valence-corrected chi connectivity index (χ4v) is 3.73. The molecule has 1 heterocycles. The summed E-state index contributed by atoms with van der Waals surface area (Å²) in [4.78, 5) is 17.2. The maximum Gasteiger partial charge on any atom is 0.250 e. The number of amides is 1. The van der Waals surface area contributed by atoms with Crippen molar-refractivity contribution in [3.8, 4) is 5.75 Å². The smallest absolute Gasteiger partial charge is 0.250 e. The molecule has 0 bridgehead atoms. The molecule has 1 saturated heterocycles. The molecule has 1 aliphatic carbocycles. The van der Waals surface area contributed by atoms with Gasteiger partial charge in [0, 0.05) is 44.1 Å². The maximum absolute atomic E-state index is 12.2. The van der Waals surface area contributed by atoms with Crippen LogP contribution < -0.4 is 15.0 Å². The van der Waals surface area contributed by atoms with Crippen molar-refractivity contribution in [2.75, 3.05) is 62.8 Å². The zero-order chi connectivity index (χ0) is 20.6. The molecule has 2 aliphatic rings. The number of anilines is 2. The summed E-state index contributed by atoms with van der Waals surface area (Å²) in [7, 11) is 0. The van der Waals surface area contributed by atoms with E-state index in [4.69, 9.17) is 9.47 Å². The van der Waals surface area contributed by atoms with E-state index in [0.29, 0.717) is 13.2 Å². The monoisotopic (exact) mass is 409 g/mol. The Balaban J connectivity index is 1.16. The number of benzene rings is 2. The topological polar surface area (TPSA) is 54.0 Å². The summed E-state index contributed by atoms with van der Waals surface area (Å²) in [5, 5.41) is 2.93. The number of hydrogen-bond acceptors (Lipinski definition) is 5. The van der Waals surface area contributed by atoms with Gasteiger partial charge >= 0.3 is 0 Å². The van der Waals surface area contributed by atoms with Crippen LogP contribution >= 0.6 is 0 Å². The van der Waals surface area contributed by atoms with Gasteiger partial charge in [0.25, 0.3) is 0 Å². The van der Waals surface area contributed by atoms with Gasteiger partial charge in [0.15, 0.2) is 0 Å². The largest absolute Gasteiger partial charge is 0.491 e. The van der Waals surface area contributed by atoms with Crippen LogP contribution in [0.5, 0.6) is 5.75 Å². The average molecular weight is 410 g/mol. The van der Waals surface area contributed by atoms with Crippen molar-refractivity contribution in [2.45, 2.75) is 12.8 Å². The van der Waals surface area contributed by atoms with Crippen molar-refractivity contribution in [2.24, 2.45) is 5.92 Å². The third kappa shape index (κ3) is 6.47. The summed E-state index contributed by atoms with van der Waals surface area (Å²) in [6.07, 6.45) is 2.82. The Kier molecular flexibility index (Phi) is 7.21. The van der Waals surface area contributed by atoms with E-state index < -0.39 is 0 Å². The normalized spacial score (nSPS) is 17.0. The maximum atomic E-state index is 12.2. The minimum atomic E-state index is -0.152. The molecule has 160 valence electrons. The van der Waals surface area contributed by atoms with Crippen LogP contribution in [0.2, 0.25) is 0 Å². The standard InChI is InChI=1S/C24H31N3O3/c28-24(19-29-15-16-30-23-7-2-1-3-8-23)25-21-5-4-6-22(17-21)27-13-11-26(12-14-27)18-20-9-10-20/h1-8,17,20H,9-16,18-19H2,(H,25,28). The van der Waals surface area contributed by atoms with Crippen LogP contribution in [0.15, 0.2) is 54.6 Å². The molecule has 2 aromatic carbocycles. The van der Waals surface area contributed by atoms with Crippen molar-refractivity contribution in [3.05, 3.63) is 54.6 Å². The van der Waals surface area contributed by atoms with E-state index in [0.717, 1.165) is 49.2 Å². The number of para-hydroxylation sites is 1. The Morgan fingerprint density at radius 2 is 1.77 bits per heavy atom. The third-order valence-corrected chi connectivity index (χ3v) is 5.55. The van der Waals surface area contributed by atoms with Gasteiger partial charge in [0.2, 0.25) is 5.91 Å². The SMILES string of the molecule is O=C(COCCOc1ccccc1)Nc1cccc(N2CCN(CC3CC3)CC2)c1. The summed E-state index contributed by atoms with van der Waals surface area (Å²) in [6, 6.07) is 17.7. The van der Waals surface area contributed by atoms with Gasteiger partial charge in [0.05, 0.1) is 6.61 Å². The molecule has 30 heavy (non-hydrogen) atoms. The first kappa shape index (κ1) is 20.7. The highest BCUT2D eigenvalue weighted by Crippen LogP contribution is 2.30. The Labute approximate surface area is 178 Å². The summed E-state index contributed by atoms with van der Waals surface area (Å²) in [5.41, 5.74) is 1.97. The lowest BCUT2D eigenvalue weighted by atomic mass is 10.2. The minimum Gasteiger partial charge on any atom is -0.491 e. The zero-order valence-electron chi connectivity index (χ0n) is 17.5. The van der Waals surface area contributed by atoms with Crippen LogP contribution in [0.3, 0.4) is 0 Å². The van der Waals surface area contributed by atoms with Crippen molar-refractivity contribution >= 4 is 17.3 Å². The number of carbonyl (C=O) groups is 1. The second kappa shape index (κ2) is 10.5. The highest BCUT2D eigenvalue weighted by molar-refractivity contribution is 5.92. The molecule has 1 N–H and O–H groups in total. The Morgan fingerprint density at radius 3 is 2.53 bits per heavy atom. The number of piperazine rings is 1. The van der Waals surface area contributed by atoms with Crippen LogP contribution in [0.1, 0.15) is 12.8 Å². The number of nitrogens with zero attached hydrogens (tertiary/aromatic N) is 2. The summed E-state index contributed by atoms with van der Waals surface area (Å²) < 4.78 is 11.0. The van der Waals surface area contributed by atoms with Gasteiger partial charge in [-0.15, -0.1) is 0 Å². The predicted molar refractivity (Wildman–Crippen MR) is 119 cm³/mol. The molecule has 0 radical (unpaired) electrons. The van der Waals surface area contributed by atoms with Crippen molar-refractivity contribution in [1.82, 2.24) is 4.90 Å². The van der Waals surface area contributed by atoms with Gasteiger partial charge in [-0.05, 0) is 49.1 Å². The quantitative estimate of drug-likeness (QED) is 0.611. The number of ether oxygens (including phenoxy) is 2. The molecule has 0 unspecified atom stereocenters. The second-order valence-electron chi connectivity index (χ2n) is 8.04. The van der Waals surface area contributed by atoms with Crippen molar-refractivity contribution in [1.29, 1.82) is 0 Å². The third-order valence-electron chi connectivity index (χ3n) is 5.55. The van der Waals surface area contributed by atoms with E-state index >= 15 is 0 Å². The molecule has 1 saturated carbocycles. The lowest BCUT2D eigenvalue weighted by Gasteiger charge is -2.36. The van der Waals surface area contributed by atoms with E-state index in [1.54, 1.807) is 0 Å². The van der Waals surface area contributed by atoms with Gasteiger partial charge in [-0.2, -0.15) is 0 Å². The summed E-state index contributed by atoms with van der Waals surface area (Å²) in [6.45, 7) is 6.37. The van der Waals surface area contributed by atoms with Crippen LogP contribution in [0, 0.1) is 5.92 Å². The second-order valence-corrected chi connectivity index (χ2v) is 8.04. The number of nitrogens with one attached hydrogen (secondary N) is 1. The molecule has 2 aromatic rings. The molecular formula is C24H31N3O3. The molecule has 1 aliphatic heterocycles. The van der Waals surface area contributed by atoms with E-state index in [2.05, 4.69) is 21.2 Å². The molecule has 4 rings (SSSR count). The molecule has 0 atom stereocenters. The van der Waals surface area contributed by atoms with Crippen molar-refractivity contribution < 1.29 is 14.3 Å². The Bertz CT molecular complexity index is 802. The number of carbonyl (C=O) groups excluding carboxylic acids is 1. The predicted octanol–water partition coefficient (Wildman–Crippen LogP) is 3.25. The fourth-order valence-electron chi connectivity index (χ4n) is 3.73. The van der Waals surface area contributed by atoms with Gasteiger partial charge in [0.1, 0.15) is 19.0 Å². The molecule has 0 spiro atoms. The summed E-state index contributed by atoms with van der Waals surface area (Å²) in [5.74, 6) is 1.60. The first-order valence-corrected chi connectivity index (χ1v) is 10.9. The average Bonchev–Trinajstić information content (AvgIpc) is 3.59. The highest BCUT2D eigenvalue weighted by atomic mass is 16.5. The summed E-state index contributed by atoms with van der Waals surface area (Å²) >= 11 is 0. The Morgan fingerprint density at radius 1 is 0.967 bits per heavy atom. The van der Waals surface area contributed by atoms with Crippen LogP contribution in [-0.2, 0) is 9.53 Å². The first-order chi connectivity index (χ1) is 14.8. The van der Waals surface area contributed by atoms with Crippen molar-refractivity contribution in [3.63, 3.8) is 0 Å².